The van der Waals surface area contributed by atoms with Gasteiger partial charge < -0.3 is 20.7 Å². The summed E-state index contributed by atoms with van der Waals surface area (Å²) in [5.74, 6) is -5.80. The van der Waals surface area contributed by atoms with E-state index in [1.807, 2.05) is 0 Å². The molecule has 0 spiro atoms. The molecule has 0 fully saturated rings. The van der Waals surface area contributed by atoms with Gasteiger partial charge in [-0.2, -0.15) is 0 Å². The second-order valence-electron chi connectivity index (χ2n) is 5.98. The first-order valence-electron chi connectivity index (χ1n) is 8.90. The Labute approximate surface area is 196 Å². The van der Waals surface area contributed by atoms with Gasteiger partial charge in [0.15, 0.2) is 23.4 Å². The van der Waals surface area contributed by atoms with Crippen LogP contribution in [0.2, 0.25) is 0 Å². The van der Waals surface area contributed by atoms with Gasteiger partial charge in [0.05, 0.1) is 18.8 Å². The fourth-order valence-corrected chi connectivity index (χ4v) is 2.35. The van der Waals surface area contributed by atoms with Crippen molar-refractivity contribution in [3.63, 3.8) is 0 Å². The van der Waals surface area contributed by atoms with E-state index in [1.54, 1.807) is 6.92 Å². The van der Waals surface area contributed by atoms with Crippen molar-refractivity contribution < 1.29 is 35.9 Å². The number of aliphatic imine (C=N–C) groups is 1. The number of halogens is 7. The lowest BCUT2D eigenvalue weighted by Crippen LogP contribution is -2.41. The number of ether oxygens (including phenoxy) is 1. The van der Waals surface area contributed by atoms with Crippen LogP contribution in [0.4, 0.5) is 32.0 Å². The van der Waals surface area contributed by atoms with Crippen molar-refractivity contribution in [3.8, 4) is 5.75 Å². The molecule has 2 aromatic carbocycles. The number of benzene rings is 2. The second-order valence-corrected chi connectivity index (χ2v) is 5.98. The largest absolute Gasteiger partial charge is 0.573 e. The van der Waals surface area contributed by atoms with E-state index in [9.17, 15) is 31.1 Å². The first-order chi connectivity index (χ1) is 14.6. The minimum Gasteiger partial charge on any atom is -0.405 e. The van der Waals surface area contributed by atoms with Gasteiger partial charge in [-0.05, 0) is 25.1 Å². The number of anilines is 1. The topological polar surface area (TPSA) is 74.8 Å². The van der Waals surface area contributed by atoms with Crippen LogP contribution >= 0.6 is 24.0 Å². The lowest BCUT2D eigenvalue weighted by atomic mass is 10.2. The van der Waals surface area contributed by atoms with Crippen molar-refractivity contribution in [1.82, 2.24) is 10.6 Å². The number of rotatable bonds is 7. The first-order valence-corrected chi connectivity index (χ1v) is 8.90. The average Bonchev–Trinajstić information content (AvgIpc) is 2.70. The van der Waals surface area contributed by atoms with Gasteiger partial charge in [0.2, 0.25) is 5.91 Å². The lowest BCUT2D eigenvalue weighted by Gasteiger charge is -2.14. The van der Waals surface area contributed by atoms with Gasteiger partial charge in [-0.3, -0.25) is 4.79 Å². The minimum atomic E-state index is -4.87. The number of carbonyl (C=O) groups excluding carboxylic acids is 1. The quantitative estimate of drug-likeness (QED) is 0.151. The molecule has 0 atom stereocenters. The van der Waals surface area contributed by atoms with Crippen LogP contribution in [0.5, 0.6) is 5.75 Å². The third kappa shape index (κ3) is 8.43. The summed E-state index contributed by atoms with van der Waals surface area (Å²) in [5.41, 5.74) is -0.406. The van der Waals surface area contributed by atoms with Crippen LogP contribution < -0.4 is 20.7 Å². The Kier molecular flexibility index (Phi) is 10.6. The zero-order chi connectivity index (χ0) is 23.0. The maximum Gasteiger partial charge on any atom is 0.573 e. The van der Waals surface area contributed by atoms with Crippen molar-refractivity contribution in [2.75, 3.05) is 18.4 Å². The predicted molar refractivity (Wildman–Crippen MR) is 116 cm³/mol. The summed E-state index contributed by atoms with van der Waals surface area (Å²) in [6.45, 7) is 1.44. The zero-order valence-corrected chi connectivity index (χ0v) is 18.9. The molecule has 0 aliphatic rings. The van der Waals surface area contributed by atoms with E-state index in [0.29, 0.717) is 12.6 Å². The van der Waals surface area contributed by atoms with E-state index in [1.165, 1.54) is 18.2 Å². The fraction of sp³-hybridized carbons (Fsp3) is 0.263. The fourth-order valence-electron chi connectivity index (χ4n) is 2.35. The number of hydrogen-bond acceptors (Lipinski definition) is 3. The summed E-state index contributed by atoms with van der Waals surface area (Å²) in [5, 5.41) is 7.45. The van der Waals surface area contributed by atoms with Crippen LogP contribution in [-0.4, -0.2) is 31.3 Å². The Balaban J connectivity index is 0.00000512. The number of para-hydroxylation sites is 1. The number of carbonyl (C=O) groups is 1. The summed E-state index contributed by atoms with van der Waals surface area (Å²) in [6, 6.07) is 6.95. The van der Waals surface area contributed by atoms with Crippen LogP contribution in [0.1, 0.15) is 12.5 Å². The number of nitrogens with zero attached hydrogens (tertiary/aromatic N) is 1. The van der Waals surface area contributed by atoms with Gasteiger partial charge in [0.1, 0.15) is 5.75 Å². The molecule has 0 saturated carbocycles. The third-order valence-corrected chi connectivity index (χ3v) is 3.68. The van der Waals surface area contributed by atoms with E-state index in [0.717, 1.165) is 12.1 Å². The highest BCUT2D eigenvalue weighted by Gasteiger charge is 2.31. The SMILES string of the molecule is CCNC(=NCc1ccccc1OC(F)(F)F)NCC(=O)Nc1ccc(F)c(F)c1F.I. The Hall–Kier alpha value is -2.71. The molecule has 0 bridgehead atoms. The standard InChI is InChI=1S/C19H18F6N4O2.HI/c1-2-26-18(27-9-11-5-3-4-6-14(11)31-19(23,24)25)28-10-15(30)29-13-8-7-12(20)16(21)17(13)22;/h3-8H,2,9-10H2,1H3,(H,29,30)(H2,26,27,28);1H. The Morgan fingerprint density at radius 3 is 2.38 bits per heavy atom. The Morgan fingerprint density at radius 1 is 1.03 bits per heavy atom. The average molecular weight is 576 g/mol. The monoisotopic (exact) mass is 576 g/mol. The van der Waals surface area contributed by atoms with Crippen LogP contribution in [0.15, 0.2) is 41.4 Å². The highest BCUT2D eigenvalue weighted by molar-refractivity contribution is 14.0. The molecule has 0 heterocycles. The van der Waals surface area contributed by atoms with Crippen molar-refractivity contribution in [2.45, 2.75) is 19.8 Å². The highest BCUT2D eigenvalue weighted by atomic mass is 127. The molecule has 0 radical (unpaired) electrons. The van der Waals surface area contributed by atoms with Crippen molar-refractivity contribution in [2.24, 2.45) is 4.99 Å². The number of hydrogen-bond donors (Lipinski definition) is 3. The molecule has 0 aromatic heterocycles. The molecule has 32 heavy (non-hydrogen) atoms. The van der Waals surface area contributed by atoms with E-state index in [2.05, 4.69) is 25.7 Å². The normalized spacial score (nSPS) is 11.4. The second kappa shape index (κ2) is 12.4. The van der Waals surface area contributed by atoms with Gasteiger partial charge in [0.25, 0.3) is 0 Å². The van der Waals surface area contributed by atoms with Gasteiger partial charge >= 0.3 is 6.36 Å². The number of nitrogens with one attached hydrogen (secondary N) is 3. The molecule has 176 valence electrons. The number of guanidine groups is 1. The van der Waals surface area contributed by atoms with Gasteiger partial charge in [-0.15, -0.1) is 37.1 Å². The molecular weight excluding hydrogens is 557 g/mol. The van der Waals surface area contributed by atoms with Crippen LogP contribution in [-0.2, 0) is 11.3 Å². The Bertz CT molecular complexity index is 956. The van der Waals surface area contributed by atoms with Crippen LogP contribution in [0.3, 0.4) is 0 Å². The molecule has 3 N–H and O–H groups in total. The lowest BCUT2D eigenvalue weighted by molar-refractivity contribution is -0.274. The summed E-state index contributed by atoms with van der Waals surface area (Å²) in [4.78, 5) is 16.1. The van der Waals surface area contributed by atoms with E-state index < -0.39 is 47.7 Å². The molecule has 2 rings (SSSR count). The van der Waals surface area contributed by atoms with Crippen molar-refractivity contribution in [1.29, 1.82) is 0 Å². The molecule has 0 aliphatic heterocycles. The predicted octanol–water partition coefficient (Wildman–Crippen LogP) is 4.31. The third-order valence-electron chi connectivity index (χ3n) is 3.68. The molecule has 13 heteroatoms. The smallest absolute Gasteiger partial charge is 0.405 e. The minimum absolute atomic E-state index is 0. The van der Waals surface area contributed by atoms with Gasteiger partial charge in [-0.1, -0.05) is 18.2 Å². The molecule has 0 aliphatic carbocycles. The molecule has 0 saturated heterocycles. The van der Waals surface area contributed by atoms with Gasteiger partial charge in [-0.25, -0.2) is 18.2 Å². The molecule has 6 nitrogen and oxygen atoms in total. The number of alkyl halides is 3. The Morgan fingerprint density at radius 2 is 1.72 bits per heavy atom. The molecule has 0 unspecified atom stereocenters. The van der Waals surface area contributed by atoms with E-state index in [-0.39, 0.29) is 42.0 Å². The van der Waals surface area contributed by atoms with Gasteiger partial charge in [0, 0.05) is 12.1 Å². The summed E-state index contributed by atoms with van der Waals surface area (Å²) in [6.07, 6.45) is -4.87. The highest BCUT2D eigenvalue weighted by Crippen LogP contribution is 2.26. The number of amides is 1. The summed E-state index contributed by atoms with van der Waals surface area (Å²) < 4.78 is 81.3. The zero-order valence-electron chi connectivity index (χ0n) is 16.5. The van der Waals surface area contributed by atoms with Crippen LogP contribution in [0, 0.1) is 17.5 Å². The van der Waals surface area contributed by atoms with Crippen molar-refractivity contribution >= 4 is 41.5 Å². The molecule has 2 aromatic rings. The van der Waals surface area contributed by atoms with E-state index in [4.69, 9.17) is 0 Å². The molecular formula is C19H19F6IN4O2. The van der Waals surface area contributed by atoms with Crippen LogP contribution in [0.25, 0.3) is 0 Å². The summed E-state index contributed by atoms with van der Waals surface area (Å²) in [7, 11) is 0. The molecule has 1 amide bonds. The van der Waals surface area contributed by atoms with E-state index >= 15 is 0 Å². The van der Waals surface area contributed by atoms with Crippen molar-refractivity contribution in [3.05, 3.63) is 59.4 Å². The maximum atomic E-state index is 13.6. The maximum absolute atomic E-state index is 13.6. The summed E-state index contributed by atoms with van der Waals surface area (Å²) >= 11 is 0. The first kappa shape index (κ1) is 27.3.